The lowest BCUT2D eigenvalue weighted by Crippen LogP contribution is -2.36. The molecule has 0 bridgehead atoms. The molecule has 2 aromatic rings. The summed E-state index contributed by atoms with van der Waals surface area (Å²) in [7, 11) is 0. The molecule has 1 fully saturated rings. The van der Waals surface area contributed by atoms with Gasteiger partial charge in [0.15, 0.2) is 5.78 Å². The summed E-state index contributed by atoms with van der Waals surface area (Å²) in [4.78, 5) is 14.9. The van der Waals surface area contributed by atoms with Crippen molar-refractivity contribution in [1.82, 2.24) is 4.90 Å². The molecule has 0 amide bonds. The van der Waals surface area contributed by atoms with Crippen LogP contribution in [0, 0.1) is 5.92 Å². The fraction of sp³-hybridized carbons (Fsp3) is 0.316. The van der Waals surface area contributed by atoms with E-state index < -0.39 is 0 Å². The molecule has 1 aliphatic heterocycles. The highest BCUT2D eigenvalue weighted by Gasteiger charge is 2.26. The molecule has 1 N–H and O–H groups in total. The van der Waals surface area contributed by atoms with Crippen LogP contribution in [0.25, 0.3) is 0 Å². The summed E-state index contributed by atoms with van der Waals surface area (Å²) in [6.45, 7) is 2.64. The lowest BCUT2D eigenvalue weighted by molar-refractivity contribution is 0.0835. The van der Waals surface area contributed by atoms with Crippen molar-refractivity contribution in [3.63, 3.8) is 0 Å². The highest BCUT2D eigenvalue weighted by Crippen LogP contribution is 2.25. The van der Waals surface area contributed by atoms with Crippen molar-refractivity contribution in [3.05, 3.63) is 64.7 Å². The molecule has 120 valence electrons. The van der Waals surface area contributed by atoms with Crippen LogP contribution in [0.4, 0.5) is 0 Å². The van der Waals surface area contributed by atoms with E-state index in [9.17, 15) is 9.90 Å². The molecule has 3 nitrogen and oxygen atoms in total. The molecule has 1 heterocycles. The summed E-state index contributed by atoms with van der Waals surface area (Å²) in [6, 6.07) is 14.5. The van der Waals surface area contributed by atoms with Gasteiger partial charge in [-0.25, -0.2) is 0 Å². The van der Waals surface area contributed by atoms with Crippen molar-refractivity contribution in [1.29, 1.82) is 0 Å². The fourth-order valence-corrected chi connectivity index (χ4v) is 3.28. The number of carbonyl (C=O) groups is 1. The van der Waals surface area contributed by atoms with Gasteiger partial charge in [-0.3, -0.25) is 9.69 Å². The van der Waals surface area contributed by atoms with E-state index >= 15 is 0 Å². The van der Waals surface area contributed by atoms with Crippen LogP contribution < -0.4 is 0 Å². The number of rotatable bonds is 4. The molecule has 0 saturated carbocycles. The van der Waals surface area contributed by atoms with E-state index in [0.717, 1.165) is 43.1 Å². The number of carbonyl (C=O) groups excluding carboxylic acids is 1. The SMILES string of the molecule is O=C(c1ccc(O)cc1)C1CCN(Cc2ccccc2Cl)CC1. The minimum absolute atomic E-state index is 0.0713. The molecule has 0 unspecified atom stereocenters. The van der Waals surface area contributed by atoms with E-state index in [2.05, 4.69) is 11.0 Å². The largest absolute Gasteiger partial charge is 0.508 e. The van der Waals surface area contributed by atoms with Gasteiger partial charge in [0.1, 0.15) is 5.75 Å². The van der Waals surface area contributed by atoms with E-state index in [1.165, 1.54) is 0 Å². The molecular formula is C19H20ClNO2. The highest BCUT2D eigenvalue weighted by atomic mass is 35.5. The zero-order chi connectivity index (χ0) is 16.2. The average molecular weight is 330 g/mol. The average Bonchev–Trinajstić information content (AvgIpc) is 2.58. The third-order valence-corrected chi connectivity index (χ3v) is 4.83. The van der Waals surface area contributed by atoms with Gasteiger partial charge in [0.05, 0.1) is 0 Å². The molecule has 0 spiro atoms. The van der Waals surface area contributed by atoms with Gasteiger partial charge < -0.3 is 5.11 Å². The van der Waals surface area contributed by atoms with Gasteiger partial charge in [-0.2, -0.15) is 0 Å². The molecular weight excluding hydrogens is 310 g/mol. The number of phenolic OH excluding ortho intramolecular Hbond substituents is 1. The van der Waals surface area contributed by atoms with Crippen molar-refractivity contribution >= 4 is 17.4 Å². The molecule has 1 saturated heterocycles. The molecule has 4 heteroatoms. The number of benzene rings is 2. The Kier molecular flexibility index (Phi) is 4.99. The minimum Gasteiger partial charge on any atom is -0.508 e. The number of piperidine rings is 1. The summed E-state index contributed by atoms with van der Waals surface area (Å²) in [5.41, 5.74) is 1.82. The lowest BCUT2D eigenvalue weighted by Gasteiger charge is -2.31. The zero-order valence-corrected chi connectivity index (χ0v) is 13.7. The lowest BCUT2D eigenvalue weighted by atomic mass is 9.88. The maximum atomic E-state index is 12.5. The zero-order valence-electron chi connectivity index (χ0n) is 12.9. The first-order valence-corrected chi connectivity index (χ1v) is 8.30. The molecule has 0 aliphatic carbocycles. The monoisotopic (exact) mass is 329 g/mol. The molecule has 2 aromatic carbocycles. The second-order valence-electron chi connectivity index (χ2n) is 6.05. The van der Waals surface area contributed by atoms with Crippen molar-refractivity contribution < 1.29 is 9.90 Å². The number of halogens is 1. The number of phenols is 1. The van der Waals surface area contributed by atoms with Crippen LogP contribution in [-0.4, -0.2) is 28.9 Å². The number of nitrogens with zero attached hydrogens (tertiary/aromatic N) is 1. The summed E-state index contributed by atoms with van der Waals surface area (Å²) in [5.74, 6) is 0.445. The number of aromatic hydroxyl groups is 1. The third kappa shape index (κ3) is 3.92. The minimum atomic E-state index is 0.0713. The first-order valence-electron chi connectivity index (χ1n) is 7.92. The first kappa shape index (κ1) is 16.0. The van der Waals surface area contributed by atoms with E-state index in [0.29, 0.717) is 5.56 Å². The second kappa shape index (κ2) is 7.16. The van der Waals surface area contributed by atoms with Crippen LogP contribution in [0.15, 0.2) is 48.5 Å². The van der Waals surface area contributed by atoms with E-state index in [-0.39, 0.29) is 17.5 Å². The predicted molar refractivity (Wildman–Crippen MR) is 91.9 cm³/mol. The van der Waals surface area contributed by atoms with Crippen LogP contribution in [0.2, 0.25) is 5.02 Å². The van der Waals surface area contributed by atoms with Crippen molar-refractivity contribution in [3.8, 4) is 5.75 Å². The van der Waals surface area contributed by atoms with Crippen LogP contribution in [0.3, 0.4) is 0 Å². The van der Waals surface area contributed by atoms with Crippen LogP contribution in [-0.2, 0) is 6.54 Å². The second-order valence-corrected chi connectivity index (χ2v) is 6.46. The Bertz CT molecular complexity index is 676. The van der Waals surface area contributed by atoms with Gasteiger partial charge in [-0.1, -0.05) is 29.8 Å². The number of hydrogen-bond acceptors (Lipinski definition) is 3. The molecule has 0 aromatic heterocycles. The predicted octanol–water partition coefficient (Wildman–Crippen LogP) is 4.14. The molecule has 0 radical (unpaired) electrons. The quantitative estimate of drug-likeness (QED) is 0.857. The molecule has 3 rings (SSSR count). The Morgan fingerprint density at radius 1 is 1.09 bits per heavy atom. The van der Waals surface area contributed by atoms with Gasteiger partial charge in [-0.15, -0.1) is 0 Å². The fourth-order valence-electron chi connectivity index (χ4n) is 3.08. The highest BCUT2D eigenvalue weighted by molar-refractivity contribution is 6.31. The number of Topliss-reactive ketones (excluding diaryl/α,β-unsaturated/α-hetero) is 1. The molecule has 23 heavy (non-hydrogen) atoms. The van der Waals surface area contributed by atoms with Crippen LogP contribution >= 0.6 is 11.6 Å². The molecule has 1 aliphatic rings. The van der Waals surface area contributed by atoms with Gasteiger partial charge in [0.25, 0.3) is 0 Å². The van der Waals surface area contributed by atoms with E-state index in [4.69, 9.17) is 11.6 Å². The topological polar surface area (TPSA) is 40.5 Å². The first-order chi connectivity index (χ1) is 11.1. The van der Waals surface area contributed by atoms with Gasteiger partial charge in [0.2, 0.25) is 0 Å². The summed E-state index contributed by atoms with van der Waals surface area (Å²) >= 11 is 6.21. The maximum absolute atomic E-state index is 12.5. The van der Waals surface area contributed by atoms with E-state index in [1.54, 1.807) is 24.3 Å². The van der Waals surface area contributed by atoms with Gasteiger partial charge in [0, 0.05) is 23.0 Å². The number of ketones is 1. The smallest absolute Gasteiger partial charge is 0.166 e. The Balaban J connectivity index is 1.57. The van der Waals surface area contributed by atoms with Crippen LogP contribution in [0.1, 0.15) is 28.8 Å². The van der Waals surface area contributed by atoms with Crippen molar-refractivity contribution in [2.24, 2.45) is 5.92 Å². The van der Waals surface area contributed by atoms with Gasteiger partial charge in [-0.05, 0) is 61.8 Å². The summed E-state index contributed by atoms with van der Waals surface area (Å²) in [5, 5.41) is 10.1. The van der Waals surface area contributed by atoms with E-state index in [1.807, 2.05) is 18.2 Å². The Morgan fingerprint density at radius 2 is 1.74 bits per heavy atom. The van der Waals surface area contributed by atoms with Crippen LogP contribution in [0.5, 0.6) is 5.75 Å². The normalized spacial score (nSPS) is 16.4. The van der Waals surface area contributed by atoms with Crippen molar-refractivity contribution in [2.45, 2.75) is 19.4 Å². The Hall–Kier alpha value is -1.84. The number of hydrogen-bond donors (Lipinski definition) is 1. The number of likely N-dealkylation sites (tertiary alicyclic amines) is 1. The molecule has 0 atom stereocenters. The summed E-state index contributed by atoms with van der Waals surface area (Å²) in [6.07, 6.45) is 1.73. The Labute approximate surface area is 141 Å². The maximum Gasteiger partial charge on any atom is 0.166 e. The standard InChI is InChI=1S/C19H20ClNO2/c20-18-4-2-1-3-16(18)13-21-11-9-15(10-12-21)19(23)14-5-7-17(22)8-6-14/h1-8,15,22H,9-13H2. The Morgan fingerprint density at radius 3 is 2.39 bits per heavy atom. The third-order valence-electron chi connectivity index (χ3n) is 4.46. The summed E-state index contributed by atoms with van der Waals surface area (Å²) < 4.78 is 0. The van der Waals surface area contributed by atoms with Gasteiger partial charge >= 0.3 is 0 Å². The van der Waals surface area contributed by atoms with Crippen molar-refractivity contribution in [2.75, 3.05) is 13.1 Å².